The Bertz CT molecular complexity index is 1170. The summed E-state index contributed by atoms with van der Waals surface area (Å²) in [6, 6.07) is 21.8. The van der Waals surface area contributed by atoms with Gasteiger partial charge in [-0.1, -0.05) is 78.9 Å². The molecule has 1 heterocycles. The molecule has 0 bridgehead atoms. The van der Waals surface area contributed by atoms with E-state index in [2.05, 4.69) is 11.6 Å². The van der Waals surface area contributed by atoms with Crippen molar-refractivity contribution in [2.24, 2.45) is 4.99 Å². The Morgan fingerprint density at radius 3 is 2.15 bits per heavy atom. The van der Waals surface area contributed by atoms with Gasteiger partial charge in [0.25, 0.3) is 0 Å². The van der Waals surface area contributed by atoms with E-state index >= 15 is 0 Å². The van der Waals surface area contributed by atoms with Crippen molar-refractivity contribution in [3.63, 3.8) is 0 Å². The van der Waals surface area contributed by atoms with Crippen LogP contribution in [0.4, 0.5) is 0 Å². The van der Waals surface area contributed by atoms with Crippen molar-refractivity contribution in [3.05, 3.63) is 124 Å². The fourth-order valence-corrected chi connectivity index (χ4v) is 4.69. The van der Waals surface area contributed by atoms with Crippen LogP contribution in [0.15, 0.2) is 102 Å². The standard InChI is InChI=1S/C27H25N3O4/c1-19-17-22(30(32)33)25(27(18-19,26(31)34-2)23-15-9-10-16-28-23)29-24(20-11-5-3-6-12-20)21-13-7-4-8-14-21/h3-16,22,25H,1,17-18H2,2H3/t22-,25+,27-/m0/s1. The largest absolute Gasteiger partial charge is 0.468 e. The zero-order chi connectivity index (χ0) is 24.1. The molecule has 1 aliphatic carbocycles. The maximum absolute atomic E-state index is 13.5. The summed E-state index contributed by atoms with van der Waals surface area (Å²) in [5.74, 6) is -0.617. The number of carbonyl (C=O) groups is 1. The van der Waals surface area contributed by atoms with E-state index in [1.54, 1.807) is 24.4 Å². The van der Waals surface area contributed by atoms with Crippen LogP contribution in [0.1, 0.15) is 29.7 Å². The van der Waals surface area contributed by atoms with Crippen LogP contribution in [0.5, 0.6) is 0 Å². The molecule has 0 radical (unpaired) electrons. The van der Waals surface area contributed by atoms with Gasteiger partial charge < -0.3 is 4.74 Å². The first-order valence-corrected chi connectivity index (χ1v) is 11.0. The average Bonchev–Trinajstić information content (AvgIpc) is 2.88. The van der Waals surface area contributed by atoms with Crippen molar-refractivity contribution in [1.82, 2.24) is 4.98 Å². The molecule has 7 heteroatoms. The third-order valence-corrected chi connectivity index (χ3v) is 6.20. The van der Waals surface area contributed by atoms with Gasteiger partial charge in [-0.3, -0.25) is 24.9 Å². The van der Waals surface area contributed by atoms with Gasteiger partial charge >= 0.3 is 5.97 Å². The van der Waals surface area contributed by atoms with E-state index in [1.165, 1.54) is 7.11 Å². The zero-order valence-electron chi connectivity index (χ0n) is 18.8. The number of esters is 1. The Morgan fingerprint density at radius 2 is 1.65 bits per heavy atom. The van der Waals surface area contributed by atoms with Gasteiger partial charge in [-0.2, -0.15) is 0 Å². The van der Waals surface area contributed by atoms with Crippen molar-refractivity contribution in [2.75, 3.05) is 7.11 Å². The van der Waals surface area contributed by atoms with E-state index < -0.39 is 23.5 Å². The molecule has 1 fully saturated rings. The van der Waals surface area contributed by atoms with E-state index in [-0.39, 0.29) is 17.8 Å². The van der Waals surface area contributed by atoms with Crippen molar-refractivity contribution >= 4 is 11.7 Å². The summed E-state index contributed by atoms with van der Waals surface area (Å²) in [5.41, 5.74) is 1.63. The lowest BCUT2D eigenvalue weighted by molar-refractivity contribution is -0.528. The minimum atomic E-state index is -1.49. The van der Waals surface area contributed by atoms with Crippen molar-refractivity contribution in [3.8, 4) is 0 Å². The van der Waals surface area contributed by atoms with Crippen LogP contribution < -0.4 is 0 Å². The second-order valence-corrected chi connectivity index (χ2v) is 8.32. The number of nitrogens with zero attached hydrogens (tertiary/aromatic N) is 3. The number of aromatic nitrogens is 1. The molecule has 2 aromatic carbocycles. The Labute approximate surface area is 198 Å². The number of nitro groups is 1. The fourth-order valence-electron chi connectivity index (χ4n) is 4.69. The van der Waals surface area contributed by atoms with E-state index in [4.69, 9.17) is 9.73 Å². The normalized spacial score (nSPS) is 22.0. The topological polar surface area (TPSA) is 94.7 Å². The number of pyridine rings is 1. The molecule has 7 nitrogen and oxygen atoms in total. The minimum Gasteiger partial charge on any atom is -0.468 e. The summed E-state index contributed by atoms with van der Waals surface area (Å²) >= 11 is 0. The lowest BCUT2D eigenvalue weighted by Gasteiger charge is -2.41. The molecule has 3 atom stereocenters. The number of carbonyl (C=O) groups excluding carboxylic acids is 1. The first kappa shape index (κ1) is 23.0. The molecular formula is C27H25N3O4. The summed E-state index contributed by atoms with van der Waals surface area (Å²) in [6.45, 7) is 4.03. The predicted molar refractivity (Wildman–Crippen MR) is 129 cm³/mol. The Kier molecular flexibility index (Phi) is 6.63. The lowest BCUT2D eigenvalue weighted by atomic mass is 9.64. The molecule has 0 amide bonds. The van der Waals surface area contributed by atoms with Crippen molar-refractivity contribution < 1.29 is 14.5 Å². The van der Waals surface area contributed by atoms with Gasteiger partial charge in [0.1, 0.15) is 11.5 Å². The molecule has 1 aromatic heterocycles. The van der Waals surface area contributed by atoms with Gasteiger partial charge in [-0.15, -0.1) is 0 Å². The van der Waals surface area contributed by atoms with Crippen LogP contribution >= 0.6 is 0 Å². The molecular weight excluding hydrogens is 430 g/mol. The maximum Gasteiger partial charge on any atom is 0.320 e. The minimum absolute atomic E-state index is 0.115. The third kappa shape index (κ3) is 4.24. The Morgan fingerprint density at radius 1 is 1.06 bits per heavy atom. The van der Waals surface area contributed by atoms with Gasteiger partial charge in [0.05, 0.1) is 18.5 Å². The molecule has 1 saturated carbocycles. The van der Waals surface area contributed by atoms with E-state index in [1.807, 2.05) is 60.7 Å². The lowest BCUT2D eigenvalue weighted by Crippen LogP contribution is -2.57. The van der Waals surface area contributed by atoms with Crippen LogP contribution in [0.2, 0.25) is 0 Å². The molecule has 0 unspecified atom stereocenters. The van der Waals surface area contributed by atoms with E-state index in [9.17, 15) is 14.9 Å². The summed E-state index contributed by atoms with van der Waals surface area (Å²) in [4.78, 5) is 34.9. The predicted octanol–water partition coefficient (Wildman–Crippen LogP) is 4.39. The monoisotopic (exact) mass is 455 g/mol. The first-order valence-electron chi connectivity index (χ1n) is 11.0. The number of hydrogen-bond donors (Lipinski definition) is 0. The second kappa shape index (κ2) is 9.79. The fraction of sp³-hybridized carbons (Fsp3) is 0.222. The number of hydrogen-bond acceptors (Lipinski definition) is 6. The SMILES string of the molecule is C=C1C[C@H]([N+](=O)[O-])[C@@H](N=C(c2ccccc2)c2ccccc2)[C@@](C(=O)OC)(c2ccccn2)C1. The first-order chi connectivity index (χ1) is 16.5. The number of methoxy groups -OCH3 is 1. The molecule has 172 valence electrons. The summed E-state index contributed by atoms with van der Waals surface area (Å²) in [6.07, 6.45) is 1.84. The number of ether oxygens (including phenoxy) is 1. The Hall–Kier alpha value is -4.13. The van der Waals surface area contributed by atoms with Gasteiger partial charge in [0.15, 0.2) is 0 Å². The van der Waals surface area contributed by atoms with Crippen LogP contribution in [-0.2, 0) is 14.9 Å². The highest BCUT2D eigenvalue weighted by atomic mass is 16.6. The highest BCUT2D eigenvalue weighted by Gasteiger charge is 2.59. The average molecular weight is 456 g/mol. The highest BCUT2D eigenvalue weighted by Crippen LogP contribution is 2.45. The zero-order valence-corrected chi connectivity index (χ0v) is 18.8. The van der Waals surface area contributed by atoms with Gasteiger partial charge in [0.2, 0.25) is 6.04 Å². The number of aliphatic imine (C=N–C) groups is 1. The molecule has 0 N–H and O–H groups in total. The molecule has 0 saturated heterocycles. The molecule has 1 aliphatic rings. The molecule has 0 spiro atoms. The third-order valence-electron chi connectivity index (χ3n) is 6.20. The van der Waals surface area contributed by atoms with Crippen LogP contribution in [0.3, 0.4) is 0 Å². The van der Waals surface area contributed by atoms with Gasteiger partial charge in [-0.05, 0) is 18.6 Å². The van der Waals surface area contributed by atoms with Crippen LogP contribution in [0, 0.1) is 10.1 Å². The summed E-state index contributed by atoms with van der Waals surface area (Å²) in [7, 11) is 1.28. The molecule has 4 rings (SSSR count). The summed E-state index contributed by atoms with van der Waals surface area (Å²) in [5, 5.41) is 12.3. The molecule has 34 heavy (non-hydrogen) atoms. The quantitative estimate of drug-likeness (QED) is 0.181. The van der Waals surface area contributed by atoms with Crippen molar-refractivity contribution in [1.29, 1.82) is 0 Å². The smallest absolute Gasteiger partial charge is 0.320 e. The van der Waals surface area contributed by atoms with Crippen LogP contribution in [0.25, 0.3) is 0 Å². The van der Waals surface area contributed by atoms with Gasteiger partial charge in [0, 0.05) is 28.7 Å². The van der Waals surface area contributed by atoms with Crippen molar-refractivity contribution in [2.45, 2.75) is 30.3 Å². The van der Waals surface area contributed by atoms with Crippen LogP contribution in [-0.4, -0.2) is 40.8 Å². The number of benzene rings is 2. The van der Waals surface area contributed by atoms with E-state index in [0.717, 1.165) is 11.1 Å². The highest BCUT2D eigenvalue weighted by molar-refractivity contribution is 6.13. The Balaban J connectivity index is 2.03. The maximum atomic E-state index is 13.5. The molecule has 0 aliphatic heterocycles. The summed E-state index contributed by atoms with van der Waals surface area (Å²) < 4.78 is 5.24. The van der Waals surface area contributed by atoms with Gasteiger partial charge in [-0.25, -0.2) is 0 Å². The number of rotatable bonds is 6. The second-order valence-electron chi connectivity index (χ2n) is 8.32. The molecule has 3 aromatic rings. The van der Waals surface area contributed by atoms with E-state index in [0.29, 0.717) is 17.0 Å².